The minimum absolute atomic E-state index is 0.0307. The fourth-order valence-electron chi connectivity index (χ4n) is 2.81. The predicted molar refractivity (Wildman–Crippen MR) is 93.8 cm³/mol. The first kappa shape index (κ1) is 16.8. The number of benzene rings is 1. The molecule has 6 heteroatoms. The van der Waals surface area contributed by atoms with Gasteiger partial charge in [0.05, 0.1) is 17.2 Å². The predicted octanol–water partition coefficient (Wildman–Crippen LogP) is 3.17. The van der Waals surface area contributed by atoms with E-state index in [4.69, 9.17) is 9.47 Å². The van der Waals surface area contributed by atoms with Crippen LogP contribution in [-0.2, 0) is 17.8 Å². The molecule has 1 aromatic heterocycles. The SMILES string of the molecule is Cc1nc(C)c(CNC(=O)COc2cccc3c2OC(C)(C)C3)s1. The highest BCUT2D eigenvalue weighted by Crippen LogP contribution is 2.41. The Balaban J connectivity index is 1.56. The summed E-state index contributed by atoms with van der Waals surface area (Å²) in [5, 5.41) is 3.88. The monoisotopic (exact) mass is 346 g/mol. The fourth-order valence-corrected chi connectivity index (χ4v) is 3.69. The number of hydrogen-bond donors (Lipinski definition) is 1. The lowest BCUT2D eigenvalue weighted by Crippen LogP contribution is -2.28. The van der Waals surface area contributed by atoms with Crippen molar-refractivity contribution in [2.45, 2.75) is 46.3 Å². The molecule has 128 valence electrons. The van der Waals surface area contributed by atoms with Gasteiger partial charge >= 0.3 is 0 Å². The highest BCUT2D eigenvalue weighted by molar-refractivity contribution is 7.11. The summed E-state index contributed by atoms with van der Waals surface area (Å²) in [4.78, 5) is 17.5. The Labute approximate surface area is 146 Å². The van der Waals surface area contributed by atoms with Crippen LogP contribution in [0.15, 0.2) is 18.2 Å². The van der Waals surface area contributed by atoms with E-state index in [-0.39, 0.29) is 18.1 Å². The summed E-state index contributed by atoms with van der Waals surface area (Å²) >= 11 is 1.60. The number of nitrogens with zero attached hydrogens (tertiary/aromatic N) is 1. The van der Waals surface area contributed by atoms with Crippen molar-refractivity contribution in [2.75, 3.05) is 6.61 Å². The molecule has 0 saturated heterocycles. The Morgan fingerprint density at radius 3 is 2.92 bits per heavy atom. The number of fused-ring (bicyclic) bond motifs is 1. The molecule has 24 heavy (non-hydrogen) atoms. The number of carbonyl (C=O) groups is 1. The molecule has 0 aliphatic carbocycles. The van der Waals surface area contributed by atoms with Crippen molar-refractivity contribution in [3.05, 3.63) is 39.3 Å². The molecule has 1 aliphatic rings. The third-order valence-corrected chi connectivity index (χ3v) is 4.93. The number of aromatic nitrogens is 1. The van der Waals surface area contributed by atoms with E-state index in [0.717, 1.165) is 33.3 Å². The largest absolute Gasteiger partial charge is 0.483 e. The molecule has 1 aliphatic heterocycles. The maximum Gasteiger partial charge on any atom is 0.258 e. The molecule has 0 radical (unpaired) electrons. The average molecular weight is 346 g/mol. The van der Waals surface area contributed by atoms with Gasteiger partial charge in [-0.1, -0.05) is 12.1 Å². The number of aryl methyl sites for hydroxylation is 2. The minimum Gasteiger partial charge on any atom is -0.483 e. The molecule has 1 amide bonds. The van der Waals surface area contributed by atoms with Crippen LogP contribution in [0.2, 0.25) is 0 Å². The molecule has 3 rings (SSSR count). The van der Waals surface area contributed by atoms with Crippen LogP contribution in [0.3, 0.4) is 0 Å². The Morgan fingerprint density at radius 2 is 2.21 bits per heavy atom. The Morgan fingerprint density at radius 1 is 1.42 bits per heavy atom. The second-order valence-electron chi connectivity index (χ2n) is 6.59. The van der Waals surface area contributed by atoms with E-state index >= 15 is 0 Å². The van der Waals surface area contributed by atoms with Gasteiger partial charge in [0.1, 0.15) is 5.60 Å². The van der Waals surface area contributed by atoms with Crippen molar-refractivity contribution in [1.82, 2.24) is 10.3 Å². The van der Waals surface area contributed by atoms with Gasteiger partial charge in [-0.2, -0.15) is 0 Å². The number of para-hydroxylation sites is 1. The first-order chi connectivity index (χ1) is 11.3. The second kappa shape index (κ2) is 6.43. The van der Waals surface area contributed by atoms with Gasteiger partial charge < -0.3 is 14.8 Å². The van der Waals surface area contributed by atoms with Crippen LogP contribution in [0.5, 0.6) is 11.5 Å². The van der Waals surface area contributed by atoms with Gasteiger partial charge in [0.2, 0.25) is 0 Å². The Kier molecular flexibility index (Phi) is 4.49. The molecule has 0 fully saturated rings. The number of ether oxygens (including phenoxy) is 2. The van der Waals surface area contributed by atoms with Crippen LogP contribution in [0.1, 0.15) is 35.0 Å². The minimum atomic E-state index is -0.231. The molecule has 2 aromatic rings. The number of hydrogen-bond acceptors (Lipinski definition) is 5. The first-order valence-electron chi connectivity index (χ1n) is 7.97. The third kappa shape index (κ3) is 3.70. The molecule has 1 N–H and O–H groups in total. The molecule has 0 saturated carbocycles. The van der Waals surface area contributed by atoms with Crippen LogP contribution in [0.4, 0.5) is 0 Å². The zero-order chi connectivity index (χ0) is 17.3. The topological polar surface area (TPSA) is 60.5 Å². The summed E-state index contributed by atoms with van der Waals surface area (Å²) in [6, 6.07) is 5.80. The lowest BCUT2D eigenvalue weighted by molar-refractivity contribution is -0.123. The van der Waals surface area contributed by atoms with E-state index < -0.39 is 0 Å². The highest BCUT2D eigenvalue weighted by Gasteiger charge is 2.32. The van der Waals surface area contributed by atoms with Gasteiger partial charge in [0.15, 0.2) is 18.1 Å². The Hall–Kier alpha value is -2.08. The van der Waals surface area contributed by atoms with Crippen LogP contribution in [0, 0.1) is 13.8 Å². The van der Waals surface area contributed by atoms with Crippen molar-refractivity contribution in [3.8, 4) is 11.5 Å². The van der Waals surface area contributed by atoms with Crippen molar-refractivity contribution >= 4 is 17.2 Å². The molecule has 0 bridgehead atoms. The van der Waals surface area contributed by atoms with Crippen LogP contribution >= 0.6 is 11.3 Å². The normalized spacial score (nSPS) is 14.8. The summed E-state index contributed by atoms with van der Waals surface area (Å²) in [7, 11) is 0. The van der Waals surface area contributed by atoms with Crippen LogP contribution < -0.4 is 14.8 Å². The maximum atomic E-state index is 12.0. The summed E-state index contributed by atoms with van der Waals surface area (Å²) in [5.41, 5.74) is 1.86. The lowest BCUT2D eigenvalue weighted by Gasteiger charge is -2.18. The summed E-state index contributed by atoms with van der Waals surface area (Å²) < 4.78 is 11.6. The standard InChI is InChI=1S/C18H22N2O3S/c1-11-15(24-12(2)20-11)9-19-16(21)10-22-14-7-5-6-13-8-18(3,4)23-17(13)14/h5-7H,8-10H2,1-4H3,(H,19,21). The van der Waals surface area contributed by atoms with Gasteiger partial charge in [0.25, 0.3) is 5.91 Å². The fraction of sp³-hybridized carbons (Fsp3) is 0.444. The number of rotatable bonds is 5. The number of carbonyl (C=O) groups excluding carboxylic acids is 1. The van der Waals surface area contributed by atoms with Crippen molar-refractivity contribution in [1.29, 1.82) is 0 Å². The quantitative estimate of drug-likeness (QED) is 0.903. The molecule has 0 atom stereocenters. The number of nitrogens with one attached hydrogen (secondary N) is 1. The van der Waals surface area contributed by atoms with Crippen molar-refractivity contribution in [3.63, 3.8) is 0 Å². The van der Waals surface area contributed by atoms with Gasteiger partial charge in [-0.05, 0) is 33.8 Å². The molecular weight excluding hydrogens is 324 g/mol. The van der Waals surface area contributed by atoms with E-state index in [1.54, 1.807) is 11.3 Å². The third-order valence-electron chi connectivity index (χ3n) is 3.86. The molecule has 2 heterocycles. The lowest BCUT2D eigenvalue weighted by atomic mass is 10.0. The number of thiazole rings is 1. The highest BCUT2D eigenvalue weighted by atomic mass is 32.1. The van der Waals surface area contributed by atoms with Gasteiger partial charge in [-0.15, -0.1) is 11.3 Å². The summed E-state index contributed by atoms with van der Waals surface area (Å²) in [6.45, 7) is 8.45. The number of amides is 1. The molecular formula is C18H22N2O3S. The van der Waals surface area contributed by atoms with Crippen LogP contribution in [-0.4, -0.2) is 23.1 Å². The van der Waals surface area contributed by atoms with Gasteiger partial charge in [0, 0.05) is 16.9 Å². The van der Waals surface area contributed by atoms with Gasteiger partial charge in [-0.25, -0.2) is 4.98 Å². The van der Waals surface area contributed by atoms with Gasteiger partial charge in [-0.3, -0.25) is 4.79 Å². The van der Waals surface area contributed by atoms with E-state index in [1.807, 2.05) is 45.9 Å². The first-order valence-corrected chi connectivity index (χ1v) is 8.79. The van der Waals surface area contributed by atoms with E-state index in [9.17, 15) is 4.79 Å². The maximum absolute atomic E-state index is 12.0. The average Bonchev–Trinajstić information content (AvgIpc) is 2.99. The van der Waals surface area contributed by atoms with E-state index in [2.05, 4.69) is 10.3 Å². The molecule has 0 spiro atoms. The van der Waals surface area contributed by atoms with Crippen molar-refractivity contribution in [2.24, 2.45) is 0 Å². The summed E-state index contributed by atoms with van der Waals surface area (Å²) in [5.74, 6) is 1.22. The molecule has 5 nitrogen and oxygen atoms in total. The molecule has 0 unspecified atom stereocenters. The van der Waals surface area contributed by atoms with Crippen LogP contribution in [0.25, 0.3) is 0 Å². The van der Waals surface area contributed by atoms with Crippen molar-refractivity contribution < 1.29 is 14.3 Å². The zero-order valence-corrected chi connectivity index (χ0v) is 15.3. The molecule has 1 aromatic carbocycles. The Bertz CT molecular complexity index is 768. The zero-order valence-electron chi connectivity index (χ0n) is 14.4. The second-order valence-corrected chi connectivity index (χ2v) is 7.88. The smallest absolute Gasteiger partial charge is 0.258 e. The van der Waals surface area contributed by atoms with E-state index in [1.165, 1.54) is 0 Å². The summed E-state index contributed by atoms with van der Waals surface area (Å²) in [6.07, 6.45) is 0.843. The van der Waals surface area contributed by atoms with E-state index in [0.29, 0.717) is 12.3 Å².